The van der Waals surface area contributed by atoms with Gasteiger partial charge in [-0.3, -0.25) is 4.90 Å². The lowest BCUT2D eigenvalue weighted by atomic mass is 10.1. The molecule has 0 saturated carbocycles. The van der Waals surface area contributed by atoms with Gasteiger partial charge in [0.25, 0.3) is 0 Å². The average molecular weight is 307 g/mol. The third kappa shape index (κ3) is 3.54. The lowest BCUT2D eigenvalue weighted by Gasteiger charge is -2.18. The second-order valence-corrected chi connectivity index (χ2v) is 6.66. The van der Waals surface area contributed by atoms with Crippen molar-refractivity contribution < 1.29 is 0 Å². The molecule has 0 atom stereocenters. The maximum Gasteiger partial charge on any atom is 0.0516 e. The van der Waals surface area contributed by atoms with Gasteiger partial charge >= 0.3 is 0 Å². The number of nitrogens with zero attached hydrogens (tertiary/aromatic N) is 1. The Hall–Kier alpha value is -1.03. The summed E-state index contributed by atoms with van der Waals surface area (Å²) in [6.45, 7) is 4.35. The van der Waals surface area contributed by atoms with Crippen molar-refractivity contribution in [3.63, 3.8) is 0 Å². The van der Waals surface area contributed by atoms with E-state index >= 15 is 0 Å². The van der Waals surface area contributed by atoms with Gasteiger partial charge in [0.2, 0.25) is 0 Å². The van der Waals surface area contributed by atoms with Crippen molar-refractivity contribution in [1.82, 2.24) is 4.90 Å². The molecular formula is C16H19ClN2S. The highest BCUT2D eigenvalue weighted by Crippen LogP contribution is 2.23. The normalized spacial score (nSPS) is 15.7. The molecule has 0 radical (unpaired) electrons. The minimum Gasteiger partial charge on any atom is -0.380 e. The van der Waals surface area contributed by atoms with Crippen molar-refractivity contribution in [3.8, 4) is 0 Å². The fourth-order valence-corrected chi connectivity index (χ4v) is 3.65. The first-order valence-electron chi connectivity index (χ1n) is 7.08. The highest BCUT2D eigenvalue weighted by atomic mass is 35.5. The zero-order valence-corrected chi connectivity index (χ0v) is 13.0. The van der Waals surface area contributed by atoms with Crippen LogP contribution in [-0.4, -0.2) is 18.0 Å². The fourth-order valence-electron chi connectivity index (χ4n) is 2.64. The van der Waals surface area contributed by atoms with E-state index in [-0.39, 0.29) is 0 Å². The largest absolute Gasteiger partial charge is 0.380 e. The summed E-state index contributed by atoms with van der Waals surface area (Å²) < 4.78 is 0. The van der Waals surface area contributed by atoms with Gasteiger partial charge in [0.05, 0.1) is 5.02 Å². The van der Waals surface area contributed by atoms with Crippen molar-refractivity contribution >= 4 is 28.6 Å². The minimum absolute atomic E-state index is 0.831. The van der Waals surface area contributed by atoms with Gasteiger partial charge in [0, 0.05) is 29.0 Å². The fraction of sp³-hybridized carbons (Fsp3) is 0.375. The van der Waals surface area contributed by atoms with Crippen LogP contribution in [0.15, 0.2) is 35.7 Å². The van der Waals surface area contributed by atoms with Crippen LogP contribution >= 0.6 is 22.9 Å². The highest BCUT2D eigenvalue weighted by molar-refractivity contribution is 7.10. The van der Waals surface area contributed by atoms with Crippen LogP contribution in [0, 0.1) is 0 Å². The minimum atomic E-state index is 0.831. The monoisotopic (exact) mass is 306 g/mol. The molecule has 20 heavy (non-hydrogen) atoms. The lowest BCUT2D eigenvalue weighted by Crippen LogP contribution is -2.19. The van der Waals surface area contributed by atoms with Crippen LogP contribution < -0.4 is 5.32 Å². The average Bonchev–Trinajstić information content (AvgIpc) is 3.10. The number of likely N-dealkylation sites (tertiary alicyclic amines) is 1. The third-order valence-electron chi connectivity index (χ3n) is 3.68. The molecule has 1 aromatic carbocycles. The molecule has 0 unspecified atom stereocenters. The van der Waals surface area contributed by atoms with Crippen molar-refractivity contribution in [2.45, 2.75) is 25.9 Å². The molecule has 0 amide bonds. The van der Waals surface area contributed by atoms with Crippen LogP contribution in [0.25, 0.3) is 0 Å². The molecule has 1 aromatic heterocycles. The van der Waals surface area contributed by atoms with E-state index in [1.54, 1.807) is 11.3 Å². The molecule has 3 rings (SSSR count). The van der Waals surface area contributed by atoms with Crippen LogP contribution in [0.1, 0.15) is 23.3 Å². The van der Waals surface area contributed by atoms with E-state index in [1.807, 2.05) is 11.4 Å². The van der Waals surface area contributed by atoms with Gasteiger partial charge in [-0.2, -0.15) is 0 Å². The Bertz CT molecular complexity index is 561. The number of hydrogen-bond acceptors (Lipinski definition) is 3. The summed E-state index contributed by atoms with van der Waals surface area (Å²) in [7, 11) is 0. The molecule has 1 aliphatic rings. The molecule has 1 N–H and O–H groups in total. The predicted molar refractivity (Wildman–Crippen MR) is 87.6 cm³/mol. The topological polar surface area (TPSA) is 15.3 Å². The van der Waals surface area contributed by atoms with E-state index < -0.39 is 0 Å². The number of nitrogens with one attached hydrogen (secondary N) is 1. The summed E-state index contributed by atoms with van der Waals surface area (Å²) in [6, 6.07) is 10.6. The Balaban J connectivity index is 1.65. The van der Waals surface area contributed by atoms with Crippen molar-refractivity contribution in [1.29, 1.82) is 0 Å². The molecule has 2 heterocycles. The summed E-state index contributed by atoms with van der Waals surface area (Å²) in [5, 5.41) is 6.35. The molecule has 0 bridgehead atoms. The van der Waals surface area contributed by atoms with E-state index in [1.165, 1.54) is 42.1 Å². The maximum atomic E-state index is 5.96. The van der Waals surface area contributed by atoms with E-state index in [4.69, 9.17) is 11.6 Å². The Morgan fingerprint density at radius 1 is 1.20 bits per heavy atom. The summed E-state index contributed by atoms with van der Waals surface area (Å²) in [6.07, 6.45) is 2.67. The van der Waals surface area contributed by atoms with Crippen LogP contribution in [0.4, 0.5) is 5.69 Å². The second-order valence-electron chi connectivity index (χ2n) is 5.23. The molecule has 0 aliphatic carbocycles. The van der Waals surface area contributed by atoms with Gasteiger partial charge in [-0.25, -0.2) is 0 Å². The number of anilines is 1. The molecular weight excluding hydrogens is 288 g/mol. The van der Waals surface area contributed by atoms with Crippen molar-refractivity contribution in [3.05, 3.63) is 51.2 Å². The van der Waals surface area contributed by atoms with Crippen LogP contribution in [-0.2, 0) is 13.1 Å². The predicted octanol–water partition coefficient (Wildman–Crippen LogP) is 4.61. The molecule has 106 valence electrons. The molecule has 0 spiro atoms. The second kappa shape index (κ2) is 6.61. The summed E-state index contributed by atoms with van der Waals surface area (Å²) in [5.74, 6) is 0. The number of thiophene rings is 1. The van der Waals surface area contributed by atoms with Crippen LogP contribution in [0.2, 0.25) is 5.02 Å². The van der Waals surface area contributed by atoms with Gasteiger partial charge < -0.3 is 5.32 Å². The Labute approximate surface area is 129 Å². The smallest absolute Gasteiger partial charge is 0.0516 e. The first-order chi connectivity index (χ1) is 9.81. The Morgan fingerprint density at radius 2 is 2.00 bits per heavy atom. The van der Waals surface area contributed by atoms with Crippen LogP contribution in [0.5, 0.6) is 0 Å². The zero-order valence-electron chi connectivity index (χ0n) is 11.4. The standard InChI is InChI=1S/C16H19ClN2S/c17-14-9-15(20-12-14)10-18-16-6-2-1-5-13(16)11-19-7-3-4-8-19/h1-2,5-6,9,12,18H,3-4,7-8,10-11H2. The van der Waals surface area contributed by atoms with Gasteiger partial charge in [0.1, 0.15) is 0 Å². The number of benzene rings is 1. The number of para-hydroxylation sites is 1. The molecule has 4 heteroatoms. The molecule has 1 fully saturated rings. The summed E-state index contributed by atoms with van der Waals surface area (Å²) >= 11 is 7.67. The molecule has 2 aromatic rings. The third-order valence-corrected chi connectivity index (χ3v) is 4.97. The lowest BCUT2D eigenvalue weighted by molar-refractivity contribution is 0.332. The highest BCUT2D eigenvalue weighted by Gasteiger charge is 2.13. The molecule has 1 aliphatic heterocycles. The first-order valence-corrected chi connectivity index (χ1v) is 8.34. The summed E-state index contributed by atoms with van der Waals surface area (Å²) in [4.78, 5) is 3.80. The quantitative estimate of drug-likeness (QED) is 0.868. The first kappa shape index (κ1) is 13.9. The van der Waals surface area contributed by atoms with Gasteiger partial charge in [-0.05, 0) is 43.6 Å². The molecule has 2 nitrogen and oxygen atoms in total. The van der Waals surface area contributed by atoms with E-state index in [9.17, 15) is 0 Å². The van der Waals surface area contributed by atoms with Crippen molar-refractivity contribution in [2.24, 2.45) is 0 Å². The Morgan fingerprint density at radius 3 is 2.75 bits per heavy atom. The number of hydrogen-bond donors (Lipinski definition) is 1. The van der Waals surface area contributed by atoms with Gasteiger partial charge in [-0.15, -0.1) is 11.3 Å². The maximum absolute atomic E-state index is 5.96. The SMILES string of the molecule is Clc1csc(CNc2ccccc2CN2CCCC2)c1. The van der Waals surface area contributed by atoms with Gasteiger partial charge in [0.15, 0.2) is 0 Å². The molecule has 1 saturated heterocycles. The van der Waals surface area contributed by atoms with Gasteiger partial charge in [-0.1, -0.05) is 29.8 Å². The zero-order chi connectivity index (χ0) is 13.8. The number of rotatable bonds is 5. The number of halogens is 1. The Kier molecular flexibility index (Phi) is 4.61. The van der Waals surface area contributed by atoms with Crippen molar-refractivity contribution in [2.75, 3.05) is 18.4 Å². The van der Waals surface area contributed by atoms with E-state index in [0.29, 0.717) is 0 Å². The van der Waals surface area contributed by atoms with E-state index in [0.717, 1.165) is 18.1 Å². The van der Waals surface area contributed by atoms with Crippen LogP contribution in [0.3, 0.4) is 0 Å². The van der Waals surface area contributed by atoms with E-state index in [2.05, 4.69) is 34.5 Å². The summed E-state index contributed by atoms with van der Waals surface area (Å²) in [5.41, 5.74) is 2.63.